The van der Waals surface area contributed by atoms with E-state index in [1.54, 1.807) is 6.20 Å². The third-order valence-electron chi connectivity index (χ3n) is 4.96. The molecule has 0 aliphatic rings. The molecule has 1 unspecified atom stereocenters. The number of aliphatic hydroxyl groups excluding tert-OH is 1. The van der Waals surface area contributed by atoms with Gasteiger partial charge in [-0.15, -0.1) is 0 Å². The maximum Gasteiger partial charge on any atom is 0.163 e. The molecule has 0 amide bonds. The molecule has 5 heteroatoms. The molecule has 0 bridgehead atoms. The lowest BCUT2D eigenvalue weighted by molar-refractivity contribution is 0.199. The monoisotopic (exact) mass is 377 g/mol. The van der Waals surface area contributed by atoms with Gasteiger partial charge in [0.25, 0.3) is 0 Å². The van der Waals surface area contributed by atoms with Gasteiger partial charge in [-0.2, -0.15) is 5.10 Å². The Morgan fingerprint density at radius 1 is 1.04 bits per heavy atom. The second kappa shape index (κ2) is 7.14. The first-order chi connectivity index (χ1) is 13.1. The van der Waals surface area contributed by atoms with E-state index in [1.807, 2.05) is 59.2 Å². The highest BCUT2D eigenvalue weighted by atomic mass is 35.5. The number of rotatable bonds is 5. The molecule has 0 radical (unpaired) electrons. The highest BCUT2D eigenvalue weighted by Crippen LogP contribution is 2.31. The van der Waals surface area contributed by atoms with Gasteiger partial charge in [-0.05, 0) is 35.7 Å². The summed E-state index contributed by atoms with van der Waals surface area (Å²) in [5.41, 5.74) is 4.33. The summed E-state index contributed by atoms with van der Waals surface area (Å²) in [5.74, 6) is 0. The molecule has 4 aromatic rings. The van der Waals surface area contributed by atoms with Crippen LogP contribution in [0.5, 0.6) is 0 Å². The average Bonchev–Trinajstić information content (AvgIpc) is 3.13. The van der Waals surface area contributed by atoms with Gasteiger partial charge in [-0.25, -0.2) is 9.50 Å². The SMILES string of the molecule is CC(CO)(Cc1ccccc1)c1ccnc2c(-c3ccc(Cl)cc3)cnn12. The predicted molar refractivity (Wildman–Crippen MR) is 108 cm³/mol. The second-order valence-corrected chi connectivity index (χ2v) is 7.45. The van der Waals surface area contributed by atoms with Crippen molar-refractivity contribution in [2.45, 2.75) is 18.8 Å². The van der Waals surface area contributed by atoms with E-state index in [0.29, 0.717) is 11.4 Å². The largest absolute Gasteiger partial charge is 0.395 e. The Morgan fingerprint density at radius 3 is 2.48 bits per heavy atom. The lowest BCUT2D eigenvalue weighted by Crippen LogP contribution is -2.32. The maximum atomic E-state index is 10.2. The Kier molecular flexibility index (Phi) is 4.68. The quantitative estimate of drug-likeness (QED) is 0.555. The summed E-state index contributed by atoms with van der Waals surface area (Å²) >= 11 is 6.01. The average molecular weight is 378 g/mol. The first-order valence-electron chi connectivity index (χ1n) is 8.85. The predicted octanol–water partition coefficient (Wildman–Crippen LogP) is 4.54. The Labute approximate surface area is 163 Å². The minimum atomic E-state index is -0.480. The van der Waals surface area contributed by atoms with E-state index in [2.05, 4.69) is 29.1 Å². The summed E-state index contributed by atoms with van der Waals surface area (Å²) in [5, 5.41) is 15.5. The molecule has 1 atom stereocenters. The maximum absolute atomic E-state index is 10.2. The molecule has 4 rings (SSSR count). The highest BCUT2D eigenvalue weighted by molar-refractivity contribution is 6.30. The molecule has 0 saturated heterocycles. The van der Waals surface area contributed by atoms with Gasteiger partial charge in [0, 0.05) is 22.2 Å². The van der Waals surface area contributed by atoms with Crippen LogP contribution >= 0.6 is 11.6 Å². The molecule has 2 aromatic carbocycles. The Morgan fingerprint density at radius 2 is 1.78 bits per heavy atom. The van der Waals surface area contributed by atoms with Crippen molar-refractivity contribution in [3.8, 4) is 11.1 Å². The zero-order valence-electron chi connectivity index (χ0n) is 15.0. The summed E-state index contributed by atoms with van der Waals surface area (Å²) in [6.45, 7) is 2.07. The van der Waals surface area contributed by atoms with Gasteiger partial charge in [0.1, 0.15) is 0 Å². The van der Waals surface area contributed by atoms with Crippen molar-refractivity contribution in [3.63, 3.8) is 0 Å². The molecule has 27 heavy (non-hydrogen) atoms. The van der Waals surface area contributed by atoms with Gasteiger partial charge in [0.15, 0.2) is 5.65 Å². The molecule has 136 valence electrons. The zero-order chi connectivity index (χ0) is 18.9. The summed E-state index contributed by atoms with van der Waals surface area (Å²) < 4.78 is 1.84. The number of aliphatic hydroxyl groups is 1. The fraction of sp³-hybridized carbons (Fsp3) is 0.182. The van der Waals surface area contributed by atoms with E-state index in [-0.39, 0.29) is 6.61 Å². The highest BCUT2D eigenvalue weighted by Gasteiger charge is 2.30. The standard InChI is InChI=1S/C22H20ClN3O/c1-22(15-27,13-16-5-3-2-4-6-16)20-11-12-24-21-19(14-25-26(20)21)17-7-9-18(23)10-8-17/h2-12,14,27H,13,15H2,1H3. The third-order valence-corrected chi connectivity index (χ3v) is 5.21. The van der Waals surface area contributed by atoms with Crippen LogP contribution in [-0.2, 0) is 11.8 Å². The van der Waals surface area contributed by atoms with Crippen LogP contribution in [0, 0.1) is 0 Å². The van der Waals surface area contributed by atoms with Crippen LogP contribution in [-0.4, -0.2) is 26.3 Å². The first kappa shape index (κ1) is 17.7. The fourth-order valence-electron chi connectivity index (χ4n) is 3.46. The lowest BCUT2D eigenvalue weighted by Gasteiger charge is -2.28. The fourth-order valence-corrected chi connectivity index (χ4v) is 3.58. The van der Waals surface area contributed by atoms with E-state index in [0.717, 1.165) is 22.5 Å². The van der Waals surface area contributed by atoms with E-state index in [1.165, 1.54) is 5.56 Å². The van der Waals surface area contributed by atoms with Crippen LogP contribution in [0.25, 0.3) is 16.8 Å². The van der Waals surface area contributed by atoms with Gasteiger partial charge in [-0.1, -0.05) is 61.0 Å². The third kappa shape index (κ3) is 3.34. The van der Waals surface area contributed by atoms with E-state index in [4.69, 9.17) is 11.6 Å². The minimum Gasteiger partial charge on any atom is -0.395 e. The molecule has 4 nitrogen and oxygen atoms in total. The van der Waals surface area contributed by atoms with Crippen molar-refractivity contribution in [1.82, 2.24) is 14.6 Å². The van der Waals surface area contributed by atoms with Crippen LogP contribution < -0.4 is 0 Å². The molecule has 0 saturated carbocycles. The number of fused-ring (bicyclic) bond motifs is 1. The van der Waals surface area contributed by atoms with Crippen molar-refractivity contribution in [2.24, 2.45) is 0 Å². The summed E-state index contributed by atoms with van der Waals surface area (Å²) in [6, 6.07) is 19.8. The van der Waals surface area contributed by atoms with Gasteiger partial charge in [0.05, 0.1) is 18.5 Å². The Hall–Kier alpha value is -2.69. The van der Waals surface area contributed by atoms with Gasteiger partial charge in [-0.3, -0.25) is 0 Å². The van der Waals surface area contributed by atoms with E-state index in [9.17, 15) is 5.11 Å². The van der Waals surface area contributed by atoms with Gasteiger partial charge in [0.2, 0.25) is 0 Å². The second-order valence-electron chi connectivity index (χ2n) is 7.01. The summed E-state index contributed by atoms with van der Waals surface area (Å²) in [4.78, 5) is 4.54. The van der Waals surface area contributed by atoms with Crippen LogP contribution in [0.4, 0.5) is 0 Å². The number of nitrogens with zero attached hydrogens (tertiary/aromatic N) is 3. The Bertz CT molecular complexity index is 1060. The molecular weight excluding hydrogens is 358 g/mol. The molecular formula is C22H20ClN3O. The number of aromatic nitrogens is 3. The van der Waals surface area contributed by atoms with E-state index >= 15 is 0 Å². The van der Waals surface area contributed by atoms with Crippen molar-refractivity contribution in [1.29, 1.82) is 0 Å². The van der Waals surface area contributed by atoms with Crippen molar-refractivity contribution in [2.75, 3.05) is 6.61 Å². The number of benzene rings is 2. The van der Waals surface area contributed by atoms with Crippen LogP contribution in [0.1, 0.15) is 18.2 Å². The summed E-state index contributed by atoms with van der Waals surface area (Å²) in [6.07, 6.45) is 4.31. The van der Waals surface area contributed by atoms with Crippen molar-refractivity contribution in [3.05, 3.63) is 89.3 Å². The van der Waals surface area contributed by atoms with Crippen molar-refractivity contribution >= 4 is 17.2 Å². The van der Waals surface area contributed by atoms with Crippen LogP contribution in [0.15, 0.2) is 73.1 Å². The number of hydrogen-bond donors (Lipinski definition) is 1. The molecule has 0 aliphatic heterocycles. The molecule has 0 aliphatic carbocycles. The number of hydrogen-bond acceptors (Lipinski definition) is 3. The van der Waals surface area contributed by atoms with Crippen molar-refractivity contribution < 1.29 is 5.11 Å². The van der Waals surface area contributed by atoms with Gasteiger partial charge >= 0.3 is 0 Å². The first-order valence-corrected chi connectivity index (χ1v) is 9.22. The van der Waals surface area contributed by atoms with Crippen LogP contribution in [0.3, 0.4) is 0 Å². The molecule has 2 heterocycles. The molecule has 0 spiro atoms. The number of halogens is 1. The zero-order valence-corrected chi connectivity index (χ0v) is 15.8. The smallest absolute Gasteiger partial charge is 0.163 e. The van der Waals surface area contributed by atoms with Gasteiger partial charge < -0.3 is 5.11 Å². The Balaban J connectivity index is 1.81. The normalized spacial score (nSPS) is 13.6. The minimum absolute atomic E-state index is 0.0111. The molecule has 0 fully saturated rings. The molecule has 1 N–H and O–H groups in total. The lowest BCUT2D eigenvalue weighted by atomic mass is 9.81. The van der Waals surface area contributed by atoms with E-state index < -0.39 is 5.41 Å². The molecule has 2 aromatic heterocycles. The topological polar surface area (TPSA) is 50.4 Å². The summed E-state index contributed by atoms with van der Waals surface area (Å²) in [7, 11) is 0. The van der Waals surface area contributed by atoms with Crippen LogP contribution in [0.2, 0.25) is 5.02 Å².